The molecule has 2 amide bonds. The lowest BCUT2D eigenvalue weighted by Gasteiger charge is -2.35. The number of hydrogen-bond donors (Lipinski definition) is 1. The summed E-state index contributed by atoms with van der Waals surface area (Å²) >= 11 is 3.76. The number of urea groups is 1. The van der Waals surface area contributed by atoms with Gasteiger partial charge in [0, 0.05) is 60.3 Å². The fourth-order valence-corrected chi connectivity index (χ4v) is 5.25. The van der Waals surface area contributed by atoms with Gasteiger partial charge in [-0.05, 0) is 77.8 Å². The molecule has 1 saturated heterocycles. The lowest BCUT2D eigenvalue weighted by Crippen LogP contribution is -2.44. The molecule has 0 bridgehead atoms. The Morgan fingerprint density at radius 2 is 1.76 bits per heavy atom. The van der Waals surface area contributed by atoms with Gasteiger partial charge in [0.1, 0.15) is 0 Å². The predicted molar refractivity (Wildman–Crippen MR) is 138 cm³/mol. The van der Waals surface area contributed by atoms with Gasteiger partial charge in [0.2, 0.25) is 0 Å². The number of rotatable bonds is 3. The molecule has 1 N–H and O–H groups in total. The van der Waals surface area contributed by atoms with Crippen molar-refractivity contribution in [3.05, 3.63) is 70.5 Å². The first-order valence-corrected chi connectivity index (χ1v) is 12.2. The highest BCUT2D eigenvalue weighted by atomic mass is 79.9. The molecule has 0 radical (unpaired) electrons. The van der Waals surface area contributed by atoms with E-state index in [2.05, 4.69) is 61.3 Å². The zero-order valence-corrected chi connectivity index (χ0v) is 20.6. The largest absolute Gasteiger partial charge is 0.368 e. The molecule has 6 nitrogen and oxygen atoms in total. The summed E-state index contributed by atoms with van der Waals surface area (Å²) in [6.45, 7) is 6.76. The van der Waals surface area contributed by atoms with Crippen LogP contribution in [0.2, 0.25) is 0 Å². The van der Waals surface area contributed by atoms with Gasteiger partial charge in [-0.15, -0.1) is 0 Å². The van der Waals surface area contributed by atoms with E-state index in [4.69, 9.17) is 0 Å². The van der Waals surface area contributed by atoms with Crippen LogP contribution in [0.25, 0.3) is 11.1 Å². The van der Waals surface area contributed by atoms with Crippen LogP contribution >= 0.6 is 15.9 Å². The molecule has 170 valence electrons. The predicted octanol–water partition coefficient (Wildman–Crippen LogP) is 5.17. The van der Waals surface area contributed by atoms with Crippen molar-refractivity contribution in [2.24, 2.45) is 0 Å². The lowest BCUT2D eigenvalue weighted by molar-refractivity contribution is 0.257. The van der Waals surface area contributed by atoms with Crippen molar-refractivity contribution < 1.29 is 4.79 Å². The quantitative estimate of drug-likeness (QED) is 0.533. The summed E-state index contributed by atoms with van der Waals surface area (Å²) < 4.78 is 1.11. The van der Waals surface area contributed by atoms with Crippen molar-refractivity contribution in [1.82, 2.24) is 9.88 Å². The molecule has 2 aliphatic rings. The van der Waals surface area contributed by atoms with Crippen molar-refractivity contribution in [2.45, 2.75) is 13.3 Å². The third-order valence-corrected chi connectivity index (χ3v) is 7.22. The highest BCUT2D eigenvalue weighted by Crippen LogP contribution is 2.38. The van der Waals surface area contributed by atoms with Gasteiger partial charge in [-0.25, -0.2) is 4.79 Å². The number of aromatic nitrogens is 1. The van der Waals surface area contributed by atoms with Crippen LogP contribution < -0.4 is 15.1 Å². The van der Waals surface area contributed by atoms with Crippen molar-refractivity contribution in [3.8, 4) is 11.1 Å². The number of hydrogen-bond acceptors (Lipinski definition) is 4. The Balaban J connectivity index is 1.33. The molecular formula is C26H28BrN5O. The molecule has 0 spiro atoms. The van der Waals surface area contributed by atoms with E-state index in [0.717, 1.165) is 71.0 Å². The summed E-state index contributed by atoms with van der Waals surface area (Å²) in [5.74, 6) is 0. The third-order valence-electron chi connectivity index (χ3n) is 6.59. The molecule has 2 aromatic carbocycles. The van der Waals surface area contributed by atoms with Crippen molar-refractivity contribution in [1.29, 1.82) is 0 Å². The van der Waals surface area contributed by atoms with Gasteiger partial charge >= 0.3 is 6.03 Å². The summed E-state index contributed by atoms with van der Waals surface area (Å²) in [5.41, 5.74) is 7.35. The monoisotopic (exact) mass is 505 g/mol. The minimum absolute atomic E-state index is 0.0919. The van der Waals surface area contributed by atoms with E-state index in [-0.39, 0.29) is 6.03 Å². The number of anilines is 3. The molecule has 2 aliphatic heterocycles. The zero-order valence-electron chi connectivity index (χ0n) is 19.0. The Morgan fingerprint density at radius 3 is 2.48 bits per heavy atom. The number of carbonyl (C=O) groups is 1. The summed E-state index contributed by atoms with van der Waals surface area (Å²) in [5, 5.41) is 3.08. The molecule has 1 fully saturated rings. The molecule has 0 aliphatic carbocycles. The molecule has 33 heavy (non-hydrogen) atoms. The van der Waals surface area contributed by atoms with Crippen LogP contribution in [-0.4, -0.2) is 55.7 Å². The molecular weight excluding hydrogens is 478 g/mol. The number of piperazine rings is 1. The van der Waals surface area contributed by atoms with Gasteiger partial charge in [0.15, 0.2) is 0 Å². The van der Waals surface area contributed by atoms with Gasteiger partial charge in [-0.1, -0.05) is 18.2 Å². The van der Waals surface area contributed by atoms with Gasteiger partial charge in [-0.2, -0.15) is 0 Å². The fraction of sp³-hybridized carbons (Fsp3) is 0.308. The highest BCUT2D eigenvalue weighted by molar-refractivity contribution is 9.10. The number of likely N-dealkylation sites (N-methyl/N-ethyl adjacent to an activating group) is 1. The first-order chi connectivity index (χ1) is 16.0. The van der Waals surface area contributed by atoms with Crippen molar-refractivity contribution in [2.75, 3.05) is 54.9 Å². The Labute approximate surface area is 203 Å². The van der Waals surface area contributed by atoms with E-state index >= 15 is 0 Å². The zero-order chi connectivity index (χ0) is 22.9. The number of benzene rings is 2. The van der Waals surface area contributed by atoms with Crippen LogP contribution in [0.15, 0.2) is 59.2 Å². The summed E-state index contributed by atoms with van der Waals surface area (Å²) in [4.78, 5) is 24.1. The number of amides is 2. The van der Waals surface area contributed by atoms with Gasteiger partial charge in [0.25, 0.3) is 0 Å². The summed E-state index contributed by atoms with van der Waals surface area (Å²) in [6, 6.07) is 16.2. The van der Waals surface area contributed by atoms with E-state index in [9.17, 15) is 4.79 Å². The smallest absolute Gasteiger partial charge is 0.326 e. The number of halogens is 1. The Morgan fingerprint density at radius 1 is 1.00 bits per heavy atom. The highest BCUT2D eigenvalue weighted by Gasteiger charge is 2.28. The second-order valence-corrected chi connectivity index (χ2v) is 9.62. The van der Waals surface area contributed by atoms with Crippen LogP contribution in [0, 0.1) is 6.92 Å². The van der Waals surface area contributed by atoms with Gasteiger partial charge in [-0.3, -0.25) is 9.88 Å². The molecule has 7 heteroatoms. The van der Waals surface area contributed by atoms with Crippen molar-refractivity contribution in [3.63, 3.8) is 0 Å². The van der Waals surface area contributed by atoms with E-state index in [0.29, 0.717) is 6.54 Å². The van der Waals surface area contributed by atoms with E-state index < -0.39 is 0 Å². The van der Waals surface area contributed by atoms with Crippen LogP contribution in [0.3, 0.4) is 0 Å². The second kappa shape index (κ2) is 9.15. The Hall–Kier alpha value is -2.90. The number of nitrogens with one attached hydrogen (secondary N) is 1. The number of aryl methyl sites for hydroxylation is 1. The number of pyridine rings is 1. The van der Waals surface area contributed by atoms with Crippen LogP contribution in [-0.2, 0) is 6.42 Å². The van der Waals surface area contributed by atoms with E-state index in [1.807, 2.05) is 42.2 Å². The normalized spacial score (nSPS) is 16.1. The maximum Gasteiger partial charge on any atom is 0.326 e. The molecule has 0 atom stereocenters. The van der Waals surface area contributed by atoms with E-state index in [1.54, 1.807) is 6.20 Å². The minimum atomic E-state index is -0.0919. The lowest BCUT2D eigenvalue weighted by atomic mass is 10.0. The number of nitrogens with zero attached hydrogens (tertiary/aromatic N) is 4. The fourth-order valence-electron chi connectivity index (χ4n) is 4.61. The third kappa shape index (κ3) is 4.48. The average Bonchev–Trinajstić information content (AvgIpc) is 3.23. The minimum Gasteiger partial charge on any atom is -0.368 e. The number of fused-ring (bicyclic) bond motifs is 1. The second-order valence-electron chi connectivity index (χ2n) is 8.77. The topological polar surface area (TPSA) is 51.7 Å². The molecule has 5 rings (SSSR count). The van der Waals surface area contributed by atoms with Crippen LogP contribution in [0.5, 0.6) is 0 Å². The summed E-state index contributed by atoms with van der Waals surface area (Å²) in [6.07, 6.45) is 2.67. The molecule has 1 aromatic heterocycles. The molecule has 3 aromatic rings. The number of carbonyl (C=O) groups excluding carboxylic acids is 1. The first kappa shape index (κ1) is 21.9. The molecule has 0 unspecified atom stereocenters. The summed E-state index contributed by atoms with van der Waals surface area (Å²) in [7, 11) is 2.16. The van der Waals surface area contributed by atoms with E-state index in [1.165, 1.54) is 5.56 Å². The van der Waals surface area contributed by atoms with Gasteiger partial charge in [0.05, 0.1) is 11.4 Å². The van der Waals surface area contributed by atoms with Crippen LogP contribution in [0.4, 0.5) is 21.9 Å². The SMILES string of the molecule is Cc1ncccc1-c1ccc(NC(=O)N2CCc3cc(Br)c(N4CCN(C)CC4)cc32)cc1. The average molecular weight is 506 g/mol. The van der Waals surface area contributed by atoms with Crippen LogP contribution in [0.1, 0.15) is 11.3 Å². The first-order valence-electron chi connectivity index (χ1n) is 11.4. The maximum absolute atomic E-state index is 13.2. The standard InChI is InChI=1S/C26H28BrN5O/c1-18-22(4-3-10-28-18)19-5-7-21(8-6-19)29-26(33)32-11-9-20-16-23(27)25(17-24(20)32)31-14-12-30(2)13-15-31/h3-8,10,16-17H,9,11-15H2,1-2H3,(H,29,33). The molecule has 0 saturated carbocycles. The maximum atomic E-state index is 13.2. The molecule has 3 heterocycles. The Kier molecular flexibility index (Phi) is 6.08. The van der Waals surface area contributed by atoms with Crippen molar-refractivity contribution >= 4 is 39.0 Å². The van der Waals surface area contributed by atoms with Gasteiger partial charge < -0.3 is 15.1 Å². The Bertz CT molecular complexity index is 1170.